The molecule has 2 atom stereocenters. The highest BCUT2D eigenvalue weighted by molar-refractivity contribution is 6.60. The molecular formula is C14H32N2O5Si. The minimum Gasteiger partial charge on any atom is -0.379 e. The molecule has 0 aromatic rings. The second-order valence-corrected chi connectivity index (χ2v) is 8.39. The van der Waals surface area contributed by atoms with Crippen LogP contribution in [-0.4, -0.2) is 68.1 Å². The molecule has 0 aromatic carbocycles. The van der Waals surface area contributed by atoms with Crippen LogP contribution in [-0.2, 0) is 22.8 Å². The van der Waals surface area contributed by atoms with Gasteiger partial charge in [0.15, 0.2) is 0 Å². The molecule has 1 fully saturated rings. The Morgan fingerprint density at radius 2 is 1.86 bits per heavy atom. The minimum absolute atomic E-state index is 0.0371. The smallest absolute Gasteiger partial charge is 0.379 e. The van der Waals surface area contributed by atoms with Gasteiger partial charge in [0.05, 0.1) is 19.3 Å². The van der Waals surface area contributed by atoms with Gasteiger partial charge in [-0.05, 0) is 38.8 Å². The van der Waals surface area contributed by atoms with Gasteiger partial charge in [-0.15, -0.1) is 0 Å². The molecule has 0 amide bonds. The van der Waals surface area contributed by atoms with Gasteiger partial charge in [0.1, 0.15) is 6.10 Å². The van der Waals surface area contributed by atoms with E-state index in [9.17, 15) is 0 Å². The summed E-state index contributed by atoms with van der Waals surface area (Å²) >= 11 is 0. The predicted molar refractivity (Wildman–Crippen MR) is 86.6 cm³/mol. The van der Waals surface area contributed by atoms with Crippen LogP contribution in [0.1, 0.15) is 25.7 Å². The van der Waals surface area contributed by atoms with Gasteiger partial charge >= 0.3 is 8.80 Å². The summed E-state index contributed by atoms with van der Waals surface area (Å²) in [6, 6.07) is 0.729. The summed E-state index contributed by atoms with van der Waals surface area (Å²) < 4.78 is 28.0. The van der Waals surface area contributed by atoms with Gasteiger partial charge in [-0.3, -0.25) is 0 Å². The van der Waals surface area contributed by atoms with Crippen molar-refractivity contribution in [2.24, 2.45) is 11.5 Å². The van der Waals surface area contributed by atoms with Gasteiger partial charge in [0.2, 0.25) is 0 Å². The number of hydrogen-bond acceptors (Lipinski definition) is 7. The quantitative estimate of drug-likeness (QED) is 0.255. The van der Waals surface area contributed by atoms with Gasteiger partial charge < -0.3 is 34.2 Å². The number of nitrogens with two attached hydrogens (primary N) is 2. The molecule has 132 valence electrons. The van der Waals surface area contributed by atoms with Crippen LogP contribution in [0.4, 0.5) is 0 Å². The molecule has 22 heavy (non-hydrogen) atoms. The van der Waals surface area contributed by atoms with Crippen molar-refractivity contribution in [3.63, 3.8) is 0 Å². The third-order valence-electron chi connectivity index (χ3n) is 3.66. The molecule has 0 aromatic heterocycles. The first-order chi connectivity index (χ1) is 10.7. The Bertz CT molecular complexity index is 278. The van der Waals surface area contributed by atoms with Crippen molar-refractivity contribution < 1.29 is 22.8 Å². The molecule has 0 bridgehead atoms. The van der Waals surface area contributed by atoms with E-state index in [1.807, 2.05) is 0 Å². The molecular weight excluding hydrogens is 304 g/mol. The molecule has 1 saturated heterocycles. The maximum absolute atomic E-state index is 6.20. The van der Waals surface area contributed by atoms with Crippen molar-refractivity contribution in [2.75, 3.05) is 47.1 Å². The van der Waals surface area contributed by atoms with Gasteiger partial charge in [0.25, 0.3) is 0 Å². The zero-order chi connectivity index (χ0) is 16.3. The maximum atomic E-state index is 6.20. The Labute approximate surface area is 134 Å². The lowest BCUT2D eigenvalue weighted by Crippen LogP contribution is -2.47. The third kappa shape index (κ3) is 7.98. The zero-order valence-electron chi connectivity index (χ0n) is 13.9. The van der Waals surface area contributed by atoms with Gasteiger partial charge in [-0.1, -0.05) is 0 Å². The average Bonchev–Trinajstić information content (AvgIpc) is 3.35. The van der Waals surface area contributed by atoms with Crippen molar-refractivity contribution in [1.29, 1.82) is 0 Å². The van der Waals surface area contributed by atoms with Crippen molar-refractivity contribution in [1.82, 2.24) is 0 Å². The monoisotopic (exact) mass is 336 g/mol. The number of epoxide rings is 1. The fourth-order valence-corrected chi connectivity index (χ4v) is 4.52. The normalized spacial score (nSPS) is 19.4. The zero-order valence-corrected chi connectivity index (χ0v) is 14.9. The van der Waals surface area contributed by atoms with E-state index < -0.39 is 8.80 Å². The number of hydrogen-bond donors (Lipinski definition) is 2. The summed E-state index contributed by atoms with van der Waals surface area (Å²) in [5.41, 5.74) is 11.3. The van der Waals surface area contributed by atoms with Crippen LogP contribution in [0.5, 0.6) is 0 Å². The standard InChI is InChI=1S/C14H32N2O5Si/c1-17-22(18-2,10-4-7-15)21-13(6-8-16)5-3-9-19-11-14-12-20-14/h13-14H,3-12,15-16H2,1-2H3. The van der Waals surface area contributed by atoms with Gasteiger partial charge in [-0.2, -0.15) is 0 Å². The largest absolute Gasteiger partial charge is 0.500 e. The van der Waals surface area contributed by atoms with Crippen molar-refractivity contribution in [3.05, 3.63) is 0 Å². The summed E-state index contributed by atoms with van der Waals surface area (Å²) in [7, 11) is 0.649. The molecule has 8 heteroatoms. The average molecular weight is 337 g/mol. The van der Waals surface area contributed by atoms with Crippen LogP contribution >= 0.6 is 0 Å². The number of rotatable bonds is 15. The molecule has 2 unspecified atom stereocenters. The second-order valence-electron chi connectivity index (χ2n) is 5.47. The van der Waals surface area contributed by atoms with Gasteiger partial charge in [0, 0.05) is 26.9 Å². The van der Waals surface area contributed by atoms with E-state index in [4.69, 9.17) is 34.2 Å². The predicted octanol–water partition coefficient (Wildman–Crippen LogP) is 0.497. The maximum Gasteiger partial charge on any atom is 0.500 e. The summed E-state index contributed by atoms with van der Waals surface area (Å²) in [6.07, 6.45) is 3.77. The second kappa shape index (κ2) is 11.5. The van der Waals surface area contributed by atoms with E-state index in [1.54, 1.807) is 14.2 Å². The summed E-state index contributed by atoms with van der Waals surface area (Å²) in [5.74, 6) is 0. The molecule has 1 rings (SSSR count). The molecule has 1 aliphatic heterocycles. The van der Waals surface area contributed by atoms with Crippen LogP contribution in [0.25, 0.3) is 0 Å². The topological polar surface area (TPSA) is 101 Å². The Balaban J connectivity index is 2.33. The molecule has 7 nitrogen and oxygen atoms in total. The molecule has 1 heterocycles. The minimum atomic E-state index is -2.64. The van der Waals surface area contributed by atoms with Crippen LogP contribution in [0.2, 0.25) is 6.04 Å². The van der Waals surface area contributed by atoms with Crippen molar-refractivity contribution >= 4 is 8.80 Å². The Morgan fingerprint density at radius 3 is 2.41 bits per heavy atom. The summed E-state index contributed by atoms with van der Waals surface area (Å²) in [4.78, 5) is 0. The molecule has 1 aliphatic rings. The Morgan fingerprint density at radius 1 is 1.14 bits per heavy atom. The summed E-state index contributed by atoms with van der Waals surface area (Å²) in [5, 5.41) is 0. The first kappa shape index (κ1) is 20.0. The van der Waals surface area contributed by atoms with Crippen molar-refractivity contribution in [2.45, 2.75) is 43.9 Å². The SMILES string of the molecule is CO[Si](CCCN)(OC)OC(CCN)CCCOCC1CO1. The van der Waals surface area contributed by atoms with E-state index in [2.05, 4.69) is 0 Å². The first-order valence-corrected chi connectivity index (χ1v) is 10.0. The van der Waals surface area contributed by atoms with Crippen LogP contribution in [0.3, 0.4) is 0 Å². The lowest BCUT2D eigenvalue weighted by molar-refractivity contribution is 0.0400. The van der Waals surface area contributed by atoms with E-state index in [1.165, 1.54) is 0 Å². The highest BCUT2D eigenvalue weighted by Gasteiger charge is 2.40. The lowest BCUT2D eigenvalue weighted by Gasteiger charge is -2.31. The fraction of sp³-hybridized carbons (Fsp3) is 1.00. The first-order valence-electron chi connectivity index (χ1n) is 8.07. The molecule has 0 radical (unpaired) electrons. The van der Waals surface area contributed by atoms with Gasteiger partial charge in [-0.25, -0.2) is 0 Å². The van der Waals surface area contributed by atoms with E-state index >= 15 is 0 Å². The fourth-order valence-electron chi connectivity index (χ4n) is 2.26. The van der Waals surface area contributed by atoms with E-state index in [0.717, 1.165) is 38.3 Å². The molecule has 0 saturated carbocycles. The van der Waals surface area contributed by atoms with Crippen LogP contribution in [0, 0.1) is 0 Å². The highest BCUT2D eigenvalue weighted by Crippen LogP contribution is 2.21. The van der Waals surface area contributed by atoms with Crippen LogP contribution < -0.4 is 11.5 Å². The molecule has 0 aliphatic carbocycles. The third-order valence-corrected chi connectivity index (χ3v) is 6.57. The highest BCUT2D eigenvalue weighted by atomic mass is 28.4. The number of ether oxygens (including phenoxy) is 2. The van der Waals surface area contributed by atoms with E-state index in [0.29, 0.717) is 32.4 Å². The Hall–Kier alpha value is -0.0631. The lowest BCUT2D eigenvalue weighted by atomic mass is 10.1. The molecule has 4 N–H and O–H groups in total. The van der Waals surface area contributed by atoms with Crippen molar-refractivity contribution in [3.8, 4) is 0 Å². The van der Waals surface area contributed by atoms with Crippen LogP contribution in [0.15, 0.2) is 0 Å². The Kier molecular flexibility index (Phi) is 10.4. The molecule has 0 spiro atoms. The summed E-state index contributed by atoms with van der Waals surface area (Å²) in [6.45, 7) is 3.41. The van der Waals surface area contributed by atoms with E-state index in [-0.39, 0.29) is 6.10 Å².